The Balaban J connectivity index is 2.39. The Bertz CT molecular complexity index is 432. The topological polar surface area (TPSA) is 55.9 Å². The molecule has 0 aliphatic rings. The quantitative estimate of drug-likeness (QED) is 0.608. The van der Waals surface area contributed by atoms with Crippen molar-refractivity contribution in [3.8, 4) is 0 Å². The molecule has 0 saturated carbocycles. The first-order valence-corrected chi connectivity index (χ1v) is 5.65. The second-order valence-corrected chi connectivity index (χ2v) is 4.27. The van der Waals surface area contributed by atoms with Crippen LogP contribution in [0.15, 0.2) is 22.9 Å². The maximum atomic E-state index is 5.59. The largest absolute Gasteiger partial charge is 0.271 e. The molecule has 1 unspecified atom stereocenters. The predicted molar refractivity (Wildman–Crippen MR) is 61.4 cm³/mol. The zero-order valence-electron chi connectivity index (χ0n) is 8.77. The average molecular weight is 222 g/mol. The minimum atomic E-state index is 0.0162. The van der Waals surface area contributed by atoms with Gasteiger partial charge in [-0.3, -0.25) is 10.5 Å². The van der Waals surface area contributed by atoms with Crippen molar-refractivity contribution in [1.29, 1.82) is 0 Å². The first-order valence-electron chi connectivity index (χ1n) is 4.71. The van der Waals surface area contributed by atoms with Crippen molar-refractivity contribution >= 4 is 11.3 Å². The molecule has 1 atom stereocenters. The summed E-state index contributed by atoms with van der Waals surface area (Å²) in [6.07, 6.45) is 0. The molecule has 5 heteroatoms. The van der Waals surface area contributed by atoms with Crippen molar-refractivity contribution in [1.82, 2.24) is 15.2 Å². The fourth-order valence-corrected chi connectivity index (χ4v) is 2.38. The number of hydrogen-bond acceptors (Lipinski definition) is 4. The van der Waals surface area contributed by atoms with E-state index in [9.17, 15) is 0 Å². The highest BCUT2D eigenvalue weighted by molar-refractivity contribution is 7.08. The van der Waals surface area contributed by atoms with Crippen LogP contribution in [0, 0.1) is 6.92 Å². The van der Waals surface area contributed by atoms with E-state index in [4.69, 9.17) is 5.84 Å². The fraction of sp³-hybridized carbons (Fsp3) is 0.300. The minimum absolute atomic E-state index is 0.0162. The molecule has 80 valence electrons. The molecular formula is C10H14N4S. The van der Waals surface area contributed by atoms with Crippen molar-refractivity contribution in [2.45, 2.75) is 13.0 Å². The lowest BCUT2D eigenvalue weighted by Crippen LogP contribution is -2.30. The lowest BCUT2D eigenvalue weighted by atomic mass is 10.1. The van der Waals surface area contributed by atoms with Crippen LogP contribution in [0.3, 0.4) is 0 Å². The van der Waals surface area contributed by atoms with Gasteiger partial charge in [-0.1, -0.05) is 0 Å². The number of hydrogen-bond donors (Lipinski definition) is 2. The molecule has 0 aliphatic heterocycles. The number of thiophene rings is 1. The molecule has 2 rings (SSSR count). The summed E-state index contributed by atoms with van der Waals surface area (Å²) in [4.78, 5) is 0. The highest BCUT2D eigenvalue weighted by Crippen LogP contribution is 2.23. The maximum Gasteiger partial charge on any atom is 0.0886 e. The molecule has 0 aromatic carbocycles. The zero-order valence-corrected chi connectivity index (χ0v) is 9.58. The normalized spacial score (nSPS) is 13.0. The summed E-state index contributed by atoms with van der Waals surface area (Å²) >= 11 is 1.67. The molecule has 0 bridgehead atoms. The first kappa shape index (κ1) is 10.4. The van der Waals surface area contributed by atoms with Gasteiger partial charge in [0, 0.05) is 7.05 Å². The van der Waals surface area contributed by atoms with Crippen LogP contribution in [0.2, 0.25) is 0 Å². The van der Waals surface area contributed by atoms with Crippen LogP contribution < -0.4 is 11.3 Å². The molecule has 0 aliphatic carbocycles. The molecule has 2 aromatic heterocycles. The first-order chi connectivity index (χ1) is 7.22. The second-order valence-electron chi connectivity index (χ2n) is 3.49. The Morgan fingerprint density at radius 3 is 2.87 bits per heavy atom. The van der Waals surface area contributed by atoms with Crippen molar-refractivity contribution in [2.24, 2.45) is 12.9 Å². The lowest BCUT2D eigenvalue weighted by molar-refractivity contribution is 0.575. The molecule has 0 fully saturated rings. The summed E-state index contributed by atoms with van der Waals surface area (Å²) in [5, 5.41) is 8.45. The van der Waals surface area contributed by atoms with Crippen LogP contribution in [0.1, 0.15) is 23.0 Å². The Hall–Kier alpha value is -1.17. The van der Waals surface area contributed by atoms with E-state index in [1.165, 1.54) is 5.56 Å². The summed E-state index contributed by atoms with van der Waals surface area (Å²) in [6, 6.07) is 4.13. The molecule has 3 N–H and O–H groups in total. The molecule has 0 saturated heterocycles. The van der Waals surface area contributed by atoms with Gasteiger partial charge in [0.05, 0.1) is 17.4 Å². The smallest absolute Gasteiger partial charge is 0.0886 e. The molecule has 2 heterocycles. The number of aromatic nitrogens is 2. The van der Waals surface area contributed by atoms with E-state index in [1.54, 1.807) is 11.3 Å². The third-order valence-corrected chi connectivity index (χ3v) is 3.08. The summed E-state index contributed by atoms with van der Waals surface area (Å²) in [5.41, 5.74) is 6.07. The Morgan fingerprint density at radius 2 is 2.40 bits per heavy atom. The van der Waals surface area contributed by atoms with Gasteiger partial charge in [-0.15, -0.1) is 0 Å². The van der Waals surface area contributed by atoms with E-state index in [0.29, 0.717) is 0 Å². The SMILES string of the molecule is Cc1cc(C(NN)c2ccsc2)n(C)n1. The minimum Gasteiger partial charge on any atom is -0.271 e. The van der Waals surface area contributed by atoms with Crippen LogP contribution in [0.25, 0.3) is 0 Å². The van der Waals surface area contributed by atoms with E-state index in [0.717, 1.165) is 11.4 Å². The van der Waals surface area contributed by atoms with Crippen molar-refractivity contribution in [3.63, 3.8) is 0 Å². The van der Waals surface area contributed by atoms with Gasteiger partial charge in [-0.05, 0) is 35.4 Å². The van der Waals surface area contributed by atoms with E-state index in [-0.39, 0.29) is 6.04 Å². The van der Waals surface area contributed by atoms with Crippen molar-refractivity contribution < 1.29 is 0 Å². The number of nitrogens with two attached hydrogens (primary N) is 1. The van der Waals surface area contributed by atoms with Crippen LogP contribution in [-0.2, 0) is 7.05 Å². The van der Waals surface area contributed by atoms with Crippen LogP contribution >= 0.6 is 11.3 Å². The summed E-state index contributed by atoms with van der Waals surface area (Å²) in [7, 11) is 1.93. The van der Waals surface area contributed by atoms with E-state index >= 15 is 0 Å². The Labute approximate surface area is 92.7 Å². The standard InChI is InChI=1S/C10H14N4S/c1-7-5-9(14(2)13-7)10(12-11)8-3-4-15-6-8/h3-6,10,12H,11H2,1-2H3. The molecule has 4 nitrogen and oxygen atoms in total. The maximum absolute atomic E-state index is 5.59. The molecular weight excluding hydrogens is 208 g/mol. The van der Waals surface area contributed by atoms with Crippen LogP contribution in [0.4, 0.5) is 0 Å². The Morgan fingerprint density at radius 1 is 1.60 bits per heavy atom. The molecule has 15 heavy (non-hydrogen) atoms. The van der Waals surface area contributed by atoms with E-state index in [1.807, 2.05) is 30.1 Å². The third-order valence-electron chi connectivity index (χ3n) is 2.38. The number of rotatable bonds is 3. The predicted octanol–water partition coefficient (Wildman–Crippen LogP) is 1.34. The van der Waals surface area contributed by atoms with Gasteiger partial charge >= 0.3 is 0 Å². The third kappa shape index (κ3) is 1.94. The van der Waals surface area contributed by atoms with Gasteiger partial charge in [0.1, 0.15) is 0 Å². The summed E-state index contributed by atoms with van der Waals surface area (Å²) in [5.74, 6) is 5.59. The number of nitrogens with zero attached hydrogens (tertiary/aromatic N) is 2. The monoisotopic (exact) mass is 222 g/mol. The summed E-state index contributed by atoms with van der Waals surface area (Å²) in [6.45, 7) is 1.98. The van der Waals surface area contributed by atoms with E-state index < -0.39 is 0 Å². The second kappa shape index (κ2) is 4.14. The molecule has 2 aromatic rings. The van der Waals surface area contributed by atoms with Gasteiger partial charge in [0.15, 0.2) is 0 Å². The van der Waals surface area contributed by atoms with E-state index in [2.05, 4.69) is 22.0 Å². The van der Waals surface area contributed by atoms with Gasteiger partial charge in [-0.2, -0.15) is 16.4 Å². The number of nitrogens with one attached hydrogen (secondary N) is 1. The van der Waals surface area contributed by atoms with Crippen LogP contribution in [0.5, 0.6) is 0 Å². The fourth-order valence-electron chi connectivity index (χ4n) is 1.69. The molecule has 0 amide bonds. The molecule has 0 radical (unpaired) electrons. The van der Waals surface area contributed by atoms with Crippen molar-refractivity contribution in [3.05, 3.63) is 39.8 Å². The highest BCUT2D eigenvalue weighted by atomic mass is 32.1. The number of hydrazine groups is 1. The average Bonchev–Trinajstić information content (AvgIpc) is 2.79. The van der Waals surface area contributed by atoms with Gasteiger partial charge < -0.3 is 0 Å². The van der Waals surface area contributed by atoms with Crippen LogP contribution in [-0.4, -0.2) is 9.78 Å². The lowest BCUT2D eigenvalue weighted by Gasteiger charge is -2.14. The Kier molecular flexibility index (Phi) is 2.86. The van der Waals surface area contributed by atoms with Gasteiger partial charge in [-0.25, -0.2) is 5.43 Å². The van der Waals surface area contributed by atoms with Gasteiger partial charge in [0.25, 0.3) is 0 Å². The van der Waals surface area contributed by atoms with Gasteiger partial charge in [0.2, 0.25) is 0 Å². The number of aryl methyl sites for hydroxylation is 2. The highest BCUT2D eigenvalue weighted by Gasteiger charge is 2.16. The zero-order chi connectivity index (χ0) is 10.8. The van der Waals surface area contributed by atoms with Crippen molar-refractivity contribution in [2.75, 3.05) is 0 Å². The summed E-state index contributed by atoms with van der Waals surface area (Å²) < 4.78 is 1.86. The molecule has 0 spiro atoms.